The van der Waals surface area contributed by atoms with Crippen molar-refractivity contribution in [2.45, 2.75) is 31.1 Å². The lowest BCUT2D eigenvalue weighted by Crippen LogP contribution is -2.39. The highest BCUT2D eigenvalue weighted by atomic mass is 35.5. The zero-order valence-corrected chi connectivity index (χ0v) is 14.6. The molecule has 6 heteroatoms. The zero-order valence-electron chi connectivity index (χ0n) is 13.8. The predicted molar refractivity (Wildman–Crippen MR) is 93.6 cm³/mol. The van der Waals surface area contributed by atoms with Crippen molar-refractivity contribution in [3.8, 4) is 11.5 Å². The smallest absolute Gasteiger partial charge is 0.287 e. The molecule has 4 rings (SSSR count). The molecule has 5 nitrogen and oxygen atoms in total. The van der Waals surface area contributed by atoms with Crippen molar-refractivity contribution >= 4 is 17.5 Å². The Morgan fingerprint density at radius 2 is 1.84 bits per heavy atom. The van der Waals surface area contributed by atoms with Crippen LogP contribution in [0.5, 0.6) is 11.5 Å². The lowest BCUT2D eigenvalue weighted by molar-refractivity contribution is 0.0915. The van der Waals surface area contributed by atoms with E-state index in [1.54, 1.807) is 12.1 Å². The van der Waals surface area contributed by atoms with Gasteiger partial charge in [0.1, 0.15) is 13.2 Å². The number of rotatable bonds is 4. The normalized spacial score (nSPS) is 18.1. The van der Waals surface area contributed by atoms with Gasteiger partial charge in [0.15, 0.2) is 22.5 Å². The van der Waals surface area contributed by atoms with Crippen molar-refractivity contribution in [1.82, 2.24) is 5.32 Å². The van der Waals surface area contributed by atoms with Gasteiger partial charge in [0, 0.05) is 12.0 Å². The average Bonchev–Trinajstić information content (AvgIpc) is 3.29. The molecule has 1 fully saturated rings. The van der Waals surface area contributed by atoms with Crippen LogP contribution in [-0.4, -0.2) is 25.7 Å². The number of ether oxygens (including phenoxy) is 2. The van der Waals surface area contributed by atoms with Crippen LogP contribution >= 0.6 is 11.6 Å². The molecule has 1 aliphatic heterocycles. The van der Waals surface area contributed by atoms with Crippen molar-refractivity contribution in [2.75, 3.05) is 19.8 Å². The van der Waals surface area contributed by atoms with Crippen molar-refractivity contribution in [3.63, 3.8) is 0 Å². The molecule has 25 heavy (non-hydrogen) atoms. The lowest BCUT2D eigenvalue weighted by Gasteiger charge is -2.31. The molecule has 0 spiro atoms. The van der Waals surface area contributed by atoms with Gasteiger partial charge in [-0.3, -0.25) is 4.79 Å². The van der Waals surface area contributed by atoms with E-state index in [2.05, 4.69) is 17.4 Å². The van der Waals surface area contributed by atoms with E-state index in [9.17, 15) is 4.79 Å². The summed E-state index contributed by atoms with van der Waals surface area (Å²) in [7, 11) is 0. The number of amides is 1. The highest BCUT2D eigenvalue weighted by Gasteiger charge is 2.37. The number of benzene rings is 1. The van der Waals surface area contributed by atoms with Crippen LogP contribution in [-0.2, 0) is 5.41 Å². The Labute approximate surface area is 151 Å². The molecule has 2 heterocycles. The maximum Gasteiger partial charge on any atom is 0.287 e. The maximum absolute atomic E-state index is 12.3. The van der Waals surface area contributed by atoms with Gasteiger partial charge < -0.3 is 19.2 Å². The third-order valence-electron chi connectivity index (χ3n) is 5.10. The first-order valence-electron chi connectivity index (χ1n) is 8.60. The molecule has 2 aromatic rings. The number of furan rings is 1. The minimum atomic E-state index is -0.240. The van der Waals surface area contributed by atoms with E-state index in [0.29, 0.717) is 19.8 Å². The van der Waals surface area contributed by atoms with Gasteiger partial charge in [-0.2, -0.15) is 0 Å². The van der Waals surface area contributed by atoms with E-state index < -0.39 is 0 Å². The second kappa shape index (κ2) is 6.64. The Morgan fingerprint density at radius 1 is 1.08 bits per heavy atom. The van der Waals surface area contributed by atoms with E-state index in [1.807, 2.05) is 6.07 Å². The summed E-state index contributed by atoms with van der Waals surface area (Å²) in [5, 5.41) is 3.23. The molecule has 1 aliphatic carbocycles. The summed E-state index contributed by atoms with van der Waals surface area (Å²) >= 11 is 5.75. The van der Waals surface area contributed by atoms with Crippen LogP contribution in [0.2, 0.25) is 5.22 Å². The Kier molecular flexibility index (Phi) is 4.34. The molecule has 132 valence electrons. The number of fused-ring (bicyclic) bond motifs is 1. The summed E-state index contributed by atoms with van der Waals surface area (Å²) in [6.07, 6.45) is 4.37. The second-order valence-electron chi connectivity index (χ2n) is 6.63. The van der Waals surface area contributed by atoms with Crippen LogP contribution in [0.3, 0.4) is 0 Å². The van der Waals surface area contributed by atoms with Gasteiger partial charge in [0.05, 0.1) is 0 Å². The molecule has 1 aromatic heterocycles. The Morgan fingerprint density at radius 3 is 2.56 bits per heavy atom. The van der Waals surface area contributed by atoms with Crippen LogP contribution in [0.15, 0.2) is 34.7 Å². The first-order valence-corrected chi connectivity index (χ1v) is 8.98. The van der Waals surface area contributed by atoms with Crippen LogP contribution < -0.4 is 14.8 Å². The van der Waals surface area contributed by atoms with Gasteiger partial charge in [-0.25, -0.2) is 0 Å². The molecule has 0 unspecified atom stereocenters. The van der Waals surface area contributed by atoms with Crippen molar-refractivity contribution in [1.29, 1.82) is 0 Å². The van der Waals surface area contributed by atoms with E-state index in [0.717, 1.165) is 37.2 Å². The van der Waals surface area contributed by atoms with E-state index in [4.69, 9.17) is 25.5 Å². The maximum atomic E-state index is 12.3. The monoisotopic (exact) mass is 361 g/mol. The molecule has 1 aromatic carbocycles. The third-order valence-corrected chi connectivity index (χ3v) is 5.30. The molecular weight excluding hydrogens is 342 g/mol. The number of halogens is 1. The number of carbonyl (C=O) groups excluding carboxylic acids is 1. The number of hydrogen-bond donors (Lipinski definition) is 1. The quantitative estimate of drug-likeness (QED) is 0.895. The molecule has 0 saturated heterocycles. The molecule has 1 amide bonds. The highest BCUT2D eigenvalue weighted by Crippen LogP contribution is 2.43. The molecule has 1 saturated carbocycles. The molecule has 0 bridgehead atoms. The molecule has 2 aliphatic rings. The largest absolute Gasteiger partial charge is 0.486 e. The Hall–Kier alpha value is -2.14. The zero-order chi connectivity index (χ0) is 17.3. The first-order chi connectivity index (χ1) is 12.2. The van der Waals surface area contributed by atoms with E-state index >= 15 is 0 Å². The standard InChI is InChI=1S/C19H20ClNO4/c20-17-6-5-15(25-17)18(22)21-12-19(7-1-2-8-19)13-3-4-14-16(11-13)24-10-9-23-14/h3-6,11H,1-2,7-10,12H2,(H,21,22). The third kappa shape index (κ3) is 3.21. The van der Waals surface area contributed by atoms with Gasteiger partial charge in [-0.05, 0) is 54.3 Å². The molecule has 1 N–H and O–H groups in total. The summed E-state index contributed by atoms with van der Waals surface area (Å²) in [6, 6.07) is 9.29. The minimum Gasteiger partial charge on any atom is -0.486 e. The van der Waals surface area contributed by atoms with Crippen LogP contribution in [0.4, 0.5) is 0 Å². The topological polar surface area (TPSA) is 60.7 Å². The summed E-state index contributed by atoms with van der Waals surface area (Å²) in [6.45, 7) is 1.71. The fourth-order valence-electron chi connectivity index (χ4n) is 3.77. The second-order valence-corrected chi connectivity index (χ2v) is 7.00. The van der Waals surface area contributed by atoms with Crippen molar-refractivity contribution in [2.24, 2.45) is 0 Å². The summed E-state index contributed by atoms with van der Waals surface area (Å²) in [4.78, 5) is 12.3. The molecule has 0 radical (unpaired) electrons. The Balaban J connectivity index is 1.54. The van der Waals surface area contributed by atoms with Gasteiger partial charge >= 0.3 is 0 Å². The van der Waals surface area contributed by atoms with E-state index in [1.165, 1.54) is 5.56 Å². The minimum absolute atomic E-state index is 0.0815. The fourth-order valence-corrected chi connectivity index (χ4v) is 3.91. The van der Waals surface area contributed by atoms with Crippen molar-refractivity contribution in [3.05, 3.63) is 46.9 Å². The predicted octanol–water partition coefficient (Wildman–Crippen LogP) is 3.95. The SMILES string of the molecule is O=C(NCC1(c2ccc3c(c2)OCCO3)CCCC1)c1ccc(Cl)o1. The fraction of sp³-hybridized carbons (Fsp3) is 0.421. The van der Waals surface area contributed by atoms with Gasteiger partial charge in [0.2, 0.25) is 0 Å². The summed E-state index contributed by atoms with van der Waals surface area (Å²) in [5.41, 5.74) is 1.11. The lowest BCUT2D eigenvalue weighted by atomic mass is 9.78. The van der Waals surface area contributed by atoms with Crippen LogP contribution in [0.25, 0.3) is 0 Å². The summed E-state index contributed by atoms with van der Waals surface area (Å²) in [5.74, 6) is 1.58. The average molecular weight is 362 g/mol. The number of hydrogen-bond acceptors (Lipinski definition) is 4. The number of carbonyl (C=O) groups is 1. The van der Waals surface area contributed by atoms with Gasteiger partial charge in [-0.1, -0.05) is 18.9 Å². The van der Waals surface area contributed by atoms with Crippen LogP contribution in [0, 0.1) is 0 Å². The highest BCUT2D eigenvalue weighted by molar-refractivity contribution is 6.29. The molecule has 0 atom stereocenters. The first kappa shape index (κ1) is 16.3. The van der Waals surface area contributed by atoms with Gasteiger partial charge in [0.25, 0.3) is 5.91 Å². The van der Waals surface area contributed by atoms with Crippen molar-refractivity contribution < 1.29 is 18.7 Å². The van der Waals surface area contributed by atoms with Crippen LogP contribution in [0.1, 0.15) is 41.8 Å². The van der Waals surface area contributed by atoms with E-state index in [-0.39, 0.29) is 22.3 Å². The summed E-state index contributed by atoms with van der Waals surface area (Å²) < 4.78 is 16.5. The van der Waals surface area contributed by atoms with Gasteiger partial charge in [-0.15, -0.1) is 0 Å². The number of nitrogens with one attached hydrogen (secondary N) is 1. The Bertz CT molecular complexity index is 779. The molecular formula is C19H20ClNO4.